The first-order valence-electron chi connectivity index (χ1n) is 9.90. The molecule has 2 aromatic carbocycles. The standard InChI is InChI=1S/C23H28FNO3/c1-28-22-8-3-2-5-19(22)16-25(14-13-17-9-11-20(24)12-10-17)23(27)18-6-4-7-21(26)15-18/h2-3,5,8-12,18,21,26H,4,6-7,13-16H2,1H3/t18-,21+/m0/s1. The second-order valence-corrected chi connectivity index (χ2v) is 7.47. The zero-order valence-corrected chi connectivity index (χ0v) is 16.3. The number of aliphatic hydroxyl groups is 1. The number of methoxy groups -OCH3 is 1. The van der Waals surface area contributed by atoms with Gasteiger partial charge in [0.1, 0.15) is 11.6 Å². The summed E-state index contributed by atoms with van der Waals surface area (Å²) in [5.74, 6) is 0.422. The van der Waals surface area contributed by atoms with Crippen molar-refractivity contribution < 1.29 is 19.0 Å². The highest BCUT2D eigenvalue weighted by Crippen LogP contribution is 2.28. The van der Waals surface area contributed by atoms with E-state index in [1.165, 1.54) is 12.1 Å². The fourth-order valence-electron chi connectivity index (χ4n) is 3.87. The molecule has 0 spiro atoms. The van der Waals surface area contributed by atoms with Gasteiger partial charge in [0.25, 0.3) is 0 Å². The number of hydrogen-bond donors (Lipinski definition) is 1. The van der Waals surface area contributed by atoms with E-state index in [4.69, 9.17) is 4.74 Å². The summed E-state index contributed by atoms with van der Waals surface area (Å²) in [7, 11) is 1.63. The number of halogens is 1. The van der Waals surface area contributed by atoms with Gasteiger partial charge in [-0.2, -0.15) is 0 Å². The predicted molar refractivity (Wildman–Crippen MR) is 106 cm³/mol. The lowest BCUT2D eigenvalue weighted by atomic mass is 9.86. The highest BCUT2D eigenvalue weighted by molar-refractivity contribution is 5.79. The van der Waals surface area contributed by atoms with Crippen LogP contribution in [0.1, 0.15) is 36.8 Å². The van der Waals surface area contributed by atoms with Gasteiger partial charge in [-0.15, -0.1) is 0 Å². The first kappa shape index (κ1) is 20.3. The third-order valence-electron chi connectivity index (χ3n) is 5.44. The second kappa shape index (κ2) is 9.69. The van der Waals surface area contributed by atoms with Crippen LogP contribution in [0, 0.1) is 11.7 Å². The fraction of sp³-hybridized carbons (Fsp3) is 0.435. The minimum absolute atomic E-state index is 0.0757. The van der Waals surface area contributed by atoms with E-state index in [0.717, 1.165) is 36.1 Å². The molecule has 0 bridgehead atoms. The molecule has 150 valence electrons. The molecule has 2 atom stereocenters. The van der Waals surface area contributed by atoms with Crippen LogP contribution < -0.4 is 4.74 Å². The van der Waals surface area contributed by atoms with Crippen LogP contribution in [0.3, 0.4) is 0 Å². The van der Waals surface area contributed by atoms with Crippen LogP contribution in [0.4, 0.5) is 4.39 Å². The van der Waals surface area contributed by atoms with Gasteiger partial charge in [-0.25, -0.2) is 4.39 Å². The molecule has 1 aliphatic carbocycles. The molecule has 1 fully saturated rings. The topological polar surface area (TPSA) is 49.8 Å². The van der Waals surface area contributed by atoms with Crippen molar-refractivity contribution in [3.05, 3.63) is 65.5 Å². The normalized spacial score (nSPS) is 19.2. The number of aliphatic hydroxyl groups excluding tert-OH is 1. The van der Waals surface area contributed by atoms with Crippen LogP contribution in [0.15, 0.2) is 48.5 Å². The van der Waals surface area contributed by atoms with Crippen LogP contribution in [-0.2, 0) is 17.8 Å². The van der Waals surface area contributed by atoms with E-state index in [1.807, 2.05) is 29.2 Å². The molecule has 0 saturated heterocycles. The summed E-state index contributed by atoms with van der Waals surface area (Å²) in [6.45, 7) is 0.992. The van der Waals surface area contributed by atoms with Crippen LogP contribution in [-0.4, -0.2) is 35.7 Å². The predicted octanol–water partition coefficient (Wildman–Crippen LogP) is 3.96. The Kier molecular flexibility index (Phi) is 7.04. The Hall–Kier alpha value is -2.40. The van der Waals surface area contributed by atoms with Gasteiger partial charge in [0, 0.05) is 24.6 Å². The average molecular weight is 385 g/mol. The largest absolute Gasteiger partial charge is 0.496 e. The molecule has 0 heterocycles. The summed E-state index contributed by atoms with van der Waals surface area (Å²) in [6.07, 6.45) is 3.24. The minimum Gasteiger partial charge on any atom is -0.496 e. The number of rotatable bonds is 7. The van der Waals surface area contributed by atoms with E-state index in [0.29, 0.717) is 25.9 Å². The van der Waals surface area contributed by atoms with E-state index >= 15 is 0 Å². The first-order valence-corrected chi connectivity index (χ1v) is 9.90. The average Bonchev–Trinajstić information content (AvgIpc) is 2.72. The third kappa shape index (κ3) is 5.32. The molecule has 2 aromatic rings. The molecule has 0 unspecified atom stereocenters. The van der Waals surface area contributed by atoms with Crippen molar-refractivity contribution in [3.8, 4) is 5.75 Å². The van der Waals surface area contributed by atoms with Crippen molar-refractivity contribution in [1.82, 2.24) is 4.90 Å². The fourth-order valence-corrected chi connectivity index (χ4v) is 3.87. The Morgan fingerprint density at radius 2 is 1.93 bits per heavy atom. The van der Waals surface area contributed by atoms with Crippen LogP contribution in [0.5, 0.6) is 5.75 Å². The molecule has 3 rings (SSSR count). The lowest BCUT2D eigenvalue weighted by Crippen LogP contribution is -2.39. The summed E-state index contributed by atoms with van der Waals surface area (Å²) in [5, 5.41) is 9.99. The van der Waals surface area contributed by atoms with Gasteiger partial charge in [-0.05, 0) is 49.4 Å². The van der Waals surface area contributed by atoms with E-state index in [2.05, 4.69) is 0 Å². The number of hydrogen-bond acceptors (Lipinski definition) is 3. The Morgan fingerprint density at radius 3 is 2.64 bits per heavy atom. The van der Waals surface area contributed by atoms with Crippen LogP contribution >= 0.6 is 0 Å². The maximum absolute atomic E-state index is 13.2. The second-order valence-electron chi connectivity index (χ2n) is 7.47. The van der Waals surface area contributed by atoms with Gasteiger partial charge in [0.2, 0.25) is 5.91 Å². The number of para-hydroxylation sites is 1. The molecule has 28 heavy (non-hydrogen) atoms. The Bertz CT molecular complexity index is 778. The van der Waals surface area contributed by atoms with Crippen molar-refractivity contribution in [3.63, 3.8) is 0 Å². The monoisotopic (exact) mass is 385 g/mol. The summed E-state index contributed by atoms with van der Waals surface area (Å²) >= 11 is 0. The van der Waals surface area contributed by atoms with Gasteiger partial charge in [0.15, 0.2) is 0 Å². The van der Waals surface area contributed by atoms with Crippen LogP contribution in [0.25, 0.3) is 0 Å². The van der Waals surface area contributed by atoms with E-state index in [9.17, 15) is 14.3 Å². The summed E-state index contributed by atoms with van der Waals surface area (Å²) in [6, 6.07) is 14.1. The Morgan fingerprint density at radius 1 is 1.18 bits per heavy atom. The summed E-state index contributed by atoms with van der Waals surface area (Å²) in [4.78, 5) is 15.1. The molecule has 1 aliphatic rings. The quantitative estimate of drug-likeness (QED) is 0.785. The number of benzene rings is 2. The lowest BCUT2D eigenvalue weighted by Gasteiger charge is -2.31. The van der Waals surface area contributed by atoms with Gasteiger partial charge < -0.3 is 14.7 Å². The number of carbonyl (C=O) groups excluding carboxylic acids is 1. The number of carbonyl (C=O) groups is 1. The maximum atomic E-state index is 13.2. The molecule has 4 nitrogen and oxygen atoms in total. The van der Waals surface area contributed by atoms with Crippen LogP contribution in [0.2, 0.25) is 0 Å². The van der Waals surface area contributed by atoms with Crippen molar-refractivity contribution in [2.45, 2.75) is 44.8 Å². The summed E-state index contributed by atoms with van der Waals surface area (Å²) in [5.41, 5.74) is 1.94. The third-order valence-corrected chi connectivity index (χ3v) is 5.44. The van der Waals surface area contributed by atoms with E-state index in [-0.39, 0.29) is 17.6 Å². The molecule has 1 N–H and O–H groups in total. The molecule has 5 heteroatoms. The summed E-state index contributed by atoms with van der Waals surface area (Å²) < 4.78 is 18.6. The number of nitrogens with zero attached hydrogens (tertiary/aromatic N) is 1. The molecule has 0 aliphatic heterocycles. The number of amides is 1. The molecule has 1 saturated carbocycles. The zero-order chi connectivity index (χ0) is 19.9. The Labute approximate surface area is 165 Å². The van der Waals surface area contributed by atoms with Gasteiger partial charge >= 0.3 is 0 Å². The molecular weight excluding hydrogens is 357 g/mol. The smallest absolute Gasteiger partial charge is 0.226 e. The van der Waals surface area contributed by atoms with Gasteiger partial charge in [-0.1, -0.05) is 36.8 Å². The zero-order valence-electron chi connectivity index (χ0n) is 16.3. The minimum atomic E-state index is -0.395. The highest BCUT2D eigenvalue weighted by Gasteiger charge is 2.29. The maximum Gasteiger partial charge on any atom is 0.226 e. The molecule has 0 radical (unpaired) electrons. The molecule has 0 aromatic heterocycles. The Balaban J connectivity index is 1.76. The first-order chi connectivity index (χ1) is 13.6. The van der Waals surface area contributed by atoms with Crippen molar-refractivity contribution in [2.24, 2.45) is 5.92 Å². The van der Waals surface area contributed by atoms with E-state index < -0.39 is 6.10 Å². The SMILES string of the molecule is COc1ccccc1CN(CCc1ccc(F)cc1)C(=O)[C@H]1CCC[C@@H](O)C1. The lowest BCUT2D eigenvalue weighted by molar-refractivity contribution is -0.138. The highest BCUT2D eigenvalue weighted by atomic mass is 19.1. The van der Waals surface area contributed by atoms with E-state index in [1.54, 1.807) is 19.2 Å². The van der Waals surface area contributed by atoms with Crippen molar-refractivity contribution in [1.29, 1.82) is 0 Å². The number of ether oxygens (including phenoxy) is 1. The molecule has 1 amide bonds. The van der Waals surface area contributed by atoms with Gasteiger partial charge in [-0.3, -0.25) is 4.79 Å². The van der Waals surface area contributed by atoms with Gasteiger partial charge in [0.05, 0.1) is 13.2 Å². The molecular formula is C23H28FNO3. The van der Waals surface area contributed by atoms with Crippen molar-refractivity contribution in [2.75, 3.05) is 13.7 Å². The van der Waals surface area contributed by atoms with Crippen molar-refractivity contribution >= 4 is 5.91 Å².